The number of carbonyl (C=O) groups excluding carboxylic acids is 3. The van der Waals surface area contributed by atoms with Crippen LogP contribution < -0.4 is 15.4 Å². The Kier molecular flexibility index (Phi) is 11.1. The number of unbranched alkanes of at least 4 members (excludes halogenated alkanes) is 1. The van der Waals surface area contributed by atoms with E-state index in [2.05, 4.69) is 33.0 Å². The molecule has 0 spiro atoms. The van der Waals surface area contributed by atoms with Gasteiger partial charge in [-0.2, -0.15) is 4.98 Å². The van der Waals surface area contributed by atoms with Crippen LogP contribution in [-0.4, -0.2) is 127 Å². The van der Waals surface area contributed by atoms with E-state index in [1.54, 1.807) is 57.2 Å². The molecule has 2 N–H and O–H groups in total. The van der Waals surface area contributed by atoms with Crippen LogP contribution in [0.4, 0.5) is 21.2 Å². The summed E-state index contributed by atoms with van der Waals surface area (Å²) in [7, 11) is 0. The summed E-state index contributed by atoms with van der Waals surface area (Å²) in [5.74, 6) is 0.864. The van der Waals surface area contributed by atoms with Crippen molar-refractivity contribution in [1.82, 2.24) is 39.3 Å². The second-order valence-corrected chi connectivity index (χ2v) is 15.1. The number of hydrogen-bond donors (Lipinski definition) is 1. The molecule has 2 aliphatic heterocycles. The number of nitrogens with zero attached hydrogens (tertiary/aromatic N) is 9. The van der Waals surface area contributed by atoms with E-state index in [-0.39, 0.29) is 37.4 Å². The van der Waals surface area contributed by atoms with E-state index in [1.807, 2.05) is 13.1 Å². The molecule has 51 heavy (non-hydrogen) atoms. The molecule has 3 aromatic heterocycles. The molecule has 5 heterocycles. The zero-order chi connectivity index (χ0) is 37.1. The van der Waals surface area contributed by atoms with Crippen LogP contribution in [0.15, 0.2) is 18.5 Å². The predicted molar refractivity (Wildman–Crippen MR) is 191 cm³/mol. The number of aromatic nitrogens is 5. The van der Waals surface area contributed by atoms with Gasteiger partial charge in [0.15, 0.2) is 11.5 Å². The Morgan fingerprint density at radius 2 is 1.57 bits per heavy atom. The fourth-order valence-corrected chi connectivity index (χ4v) is 6.06. The Morgan fingerprint density at radius 3 is 2.22 bits per heavy atom. The van der Waals surface area contributed by atoms with Gasteiger partial charge in [0.05, 0.1) is 25.0 Å². The van der Waals surface area contributed by atoms with Crippen LogP contribution in [0.2, 0.25) is 0 Å². The largest absolute Gasteiger partial charge is 0.462 e. The summed E-state index contributed by atoms with van der Waals surface area (Å²) in [4.78, 5) is 60.5. The van der Waals surface area contributed by atoms with Crippen LogP contribution in [0.1, 0.15) is 78.1 Å². The molecule has 5 rings (SSSR count). The summed E-state index contributed by atoms with van der Waals surface area (Å²) in [5, 5.41) is 4.51. The highest BCUT2D eigenvalue weighted by atomic mass is 16.6. The molecule has 0 aromatic carbocycles. The van der Waals surface area contributed by atoms with Gasteiger partial charge in [0.1, 0.15) is 23.1 Å². The number of aryl methyl sites for hydroxylation is 1. The summed E-state index contributed by atoms with van der Waals surface area (Å²) >= 11 is 0. The maximum absolute atomic E-state index is 14.0. The monoisotopic (exact) mass is 708 g/mol. The standard InChI is InChI=1S/C35H52N10O6/c1-9-10-17-49-31-39-27(36)29-38-21-25(45(29)40-31)19-24-18-23(2)28(37-20-24)41-11-13-42(14-12-41)30(46)26-22-43(32(47)50-34(3,4)5)15-16-44(26)33(48)51-35(6,7)8/h18,20-21,26H,9-17,19,22H2,1-8H3,(H2,36,39,40). The van der Waals surface area contributed by atoms with Gasteiger partial charge < -0.3 is 34.6 Å². The van der Waals surface area contributed by atoms with Crippen LogP contribution in [0.5, 0.6) is 6.01 Å². The second-order valence-electron chi connectivity index (χ2n) is 15.1. The lowest BCUT2D eigenvalue weighted by molar-refractivity contribution is -0.139. The van der Waals surface area contributed by atoms with Gasteiger partial charge in [-0.15, -0.1) is 5.10 Å². The first-order valence-electron chi connectivity index (χ1n) is 17.6. The van der Waals surface area contributed by atoms with Crippen molar-refractivity contribution in [2.75, 3.05) is 63.1 Å². The zero-order valence-electron chi connectivity index (χ0n) is 31.1. The molecule has 2 fully saturated rings. The number of ether oxygens (including phenoxy) is 3. The maximum atomic E-state index is 14.0. The third-order valence-corrected chi connectivity index (χ3v) is 8.50. The average Bonchev–Trinajstić information content (AvgIpc) is 3.45. The molecule has 278 valence electrons. The molecule has 0 bridgehead atoms. The van der Waals surface area contributed by atoms with E-state index < -0.39 is 29.4 Å². The lowest BCUT2D eigenvalue weighted by Gasteiger charge is -2.44. The molecule has 2 aliphatic rings. The summed E-state index contributed by atoms with van der Waals surface area (Å²) in [5.41, 5.74) is 7.99. The number of rotatable bonds is 8. The molecular formula is C35H52N10O6. The summed E-state index contributed by atoms with van der Waals surface area (Å²) < 4.78 is 18.6. The number of carbonyl (C=O) groups is 3. The van der Waals surface area contributed by atoms with Crippen molar-refractivity contribution in [3.8, 4) is 6.01 Å². The van der Waals surface area contributed by atoms with E-state index in [1.165, 1.54) is 9.80 Å². The highest BCUT2D eigenvalue weighted by molar-refractivity contribution is 5.87. The van der Waals surface area contributed by atoms with Gasteiger partial charge in [0.25, 0.3) is 0 Å². The fourth-order valence-electron chi connectivity index (χ4n) is 6.06. The van der Waals surface area contributed by atoms with Crippen LogP contribution in [0, 0.1) is 6.92 Å². The van der Waals surface area contributed by atoms with Crippen molar-refractivity contribution >= 4 is 35.4 Å². The Hall–Kier alpha value is -4.89. The molecule has 3 amide bonds. The van der Waals surface area contributed by atoms with Crippen molar-refractivity contribution < 1.29 is 28.6 Å². The Bertz CT molecular complexity index is 1720. The lowest BCUT2D eigenvalue weighted by atomic mass is 10.1. The molecule has 16 nitrogen and oxygen atoms in total. The highest BCUT2D eigenvalue weighted by Crippen LogP contribution is 2.25. The van der Waals surface area contributed by atoms with Gasteiger partial charge >= 0.3 is 18.2 Å². The van der Waals surface area contributed by atoms with Gasteiger partial charge in [-0.1, -0.05) is 19.4 Å². The van der Waals surface area contributed by atoms with E-state index in [9.17, 15) is 14.4 Å². The number of anilines is 2. The first-order valence-corrected chi connectivity index (χ1v) is 17.6. The summed E-state index contributed by atoms with van der Waals surface area (Å²) in [6, 6.07) is 1.41. The van der Waals surface area contributed by atoms with Crippen molar-refractivity contribution in [1.29, 1.82) is 0 Å². The maximum Gasteiger partial charge on any atom is 0.411 e. The smallest absolute Gasteiger partial charge is 0.411 e. The van der Waals surface area contributed by atoms with E-state index in [0.29, 0.717) is 44.9 Å². The first kappa shape index (κ1) is 37.4. The number of nitrogen functional groups attached to an aromatic ring is 1. The molecule has 1 unspecified atom stereocenters. The van der Waals surface area contributed by atoms with E-state index in [0.717, 1.165) is 35.5 Å². The molecule has 16 heteroatoms. The van der Waals surface area contributed by atoms with Crippen LogP contribution in [0.3, 0.4) is 0 Å². The normalized spacial score (nSPS) is 17.1. The van der Waals surface area contributed by atoms with Crippen molar-refractivity contribution in [3.05, 3.63) is 35.3 Å². The molecule has 0 saturated carbocycles. The Morgan fingerprint density at radius 1 is 0.902 bits per heavy atom. The quantitative estimate of drug-likeness (QED) is 0.337. The Labute approximate surface area is 299 Å². The third kappa shape index (κ3) is 9.27. The first-order chi connectivity index (χ1) is 24.0. The van der Waals surface area contributed by atoms with Gasteiger partial charge in [-0.25, -0.2) is 24.1 Å². The number of piperazine rings is 2. The highest BCUT2D eigenvalue weighted by Gasteiger charge is 2.42. The number of pyridine rings is 1. The van der Waals surface area contributed by atoms with E-state index in [4.69, 9.17) is 24.9 Å². The topological polar surface area (TPSA) is 174 Å². The number of amides is 3. The lowest BCUT2D eigenvalue weighted by Crippen LogP contribution is -2.64. The minimum atomic E-state index is -0.897. The fraction of sp³-hybridized carbons (Fsp3) is 0.629. The van der Waals surface area contributed by atoms with Crippen LogP contribution in [0.25, 0.3) is 5.65 Å². The number of fused-ring (bicyclic) bond motifs is 1. The van der Waals surface area contributed by atoms with E-state index >= 15 is 0 Å². The molecule has 0 aliphatic carbocycles. The third-order valence-electron chi connectivity index (χ3n) is 8.50. The van der Waals surface area contributed by atoms with Gasteiger partial charge in [0.2, 0.25) is 5.91 Å². The number of nitrogens with two attached hydrogens (primary N) is 1. The number of hydrogen-bond acceptors (Lipinski definition) is 12. The second kappa shape index (κ2) is 15.2. The molecular weight excluding hydrogens is 656 g/mol. The summed E-state index contributed by atoms with van der Waals surface area (Å²) in [6.45, 7) is 17.7. The average molecular weight is 709 g/mol. The van der Waals surface area contributed by atoms with Crippen LogP contribution in [-0.2, 0) is 20.7 Å². The minimum absolute atomic E-state index is 0.0215. The summed E-state index contributed by atoms with van der Waals surface area (Å²) in [6.07, 6.45) is 4.89. The van der Waals surface area contributed by atoms with Gasteiger partial charge in [0, 0.05) is 51.9 Å². The predicted octanol–water partition coefficient (Wildman–Crippen LogP) is 3.68. The zero-order valence-corrected chi connectivity index (χ0v) is 31.1. The van der Waals surface area contributed by atoms with Gasteiger partial charge in [-0.3, -0.25) is 9.69 Å². The van der Waals surface area contributed by atoms with Crippen molar-refractivity contribution in [3.63, 3.8) is 0 Å². The Balaban J connectivity index is 1.25. The van der Waals surface area contributed by atoms with Crippen LogP contribution >= 0.6 is 0 Å². The minimum Gasteiger partial charge on any atom is -0.462 e. The molecule has 2 saturated heterocycles. The molecule has 1 atom stereocenters. The molecule has 0 radical (unpaired) electrons. The SMILES string of the molecule is CCCCOc1nc(N)c2ncc(Cc3cnc(N4CCN(C(=O)C5CN(C(=O)OC(C)(C)C)CCN5C(=O)OC(C)(C)C)CC4)c(C)c3)n2n1. The molecule has 3 aromatic rings. The van der Waals surface area contributed by atoms with Gasteiger partial charge in [-0.05, 0) is 66.0 Å². The van der Waals surface area contributed by atoms with Crippen molar-refractivity contribution in [2.45, 2.75) is 91.9 Å². The number of imidazole rings is 1. The van der Waals surface area contributed by atoms with Crippen molar-refractivity contribution in [2.24, 2.45) is 0 Å².